The number of benzene rings is 1. The van der Waals surface area contributed by atoms with Crippen molar-refractivity contribution in [1.29, 1.82) is 0 Å². The van der Waals surface area contributed by atoms with Crippen molar-refractivity contribution in [1.82, 2.24) is 5.32 Å². The lowest BCUT2D eigenvalue weighted by molar-refractivity contribution is 0.408. The largest absolute Gasteiger partial charge is 0.391 e. The second kappa shape index (κ2) is 5.60. The number of aryl methyl sites for hydroxylation is 1. The highest BCUT2D eigenvalue weighted by molar-refractivity contribution is 5.40. The Balaban J connectivity index is 3.19. The van der Waals surface area contributed by atoms with E-state index in [4.69, 9.17) is 0 Å². The van der Waals surface area contributed by atoms with E-state index >= 15 is 0 Å². The van der Waals surface area contributed by atoms with Crippen LogP contribution in [0.4, 0.5) is 0 Å². The van der Waals surface area contributed by atoms with Crippen molar-refractivity contribution in [3.8, 4) is 0 Å². The van der Waals surface area contributed by atoms with Crippen molar-refractivity contribution in [3.05, 3.63) is 47.2 Å². The zero-order valence-corrected chi connectivity index (χ0v) is 12.7. The summed E-state index contributed by atoms with van der Waals surface area (Å²) in [6.45, 7) is 15.4. The molecule has 0 spiro atoms. The van der Waals surface area contributed by atoms with Crippen molar-refractivity contribution in [3.63, 3.8) is 0 Å². The first-order chi connectivity index (χ1) is 8.26. The average Bonchev–Trinajstić information content (AvgIpc) is 2.28. The molecule has 0 aromatic heterocycles. The molecule has 1 aromatic carbocycles. The maximum Gasteiger partial charge on any atom is 0.0206 e. The van der Waals surface area contributed by atoms with Crippen LogP contribution < -0.4 is 5.32 Å². The summed E-state index contributed by atoms with van der Waals surface area (Å²) in [5.41, 5.74) is 5.66. The summed E-state index contributed by atoms with van der Waals surface area (Å²) in [7, 11) is 1.94. The van der Waals surface area contributed by atoms with Gasteiger partial charge in [0.25, 0.3) is 0 Å². The van der Waals surface area contributed by atoms with Crippen LogP contribution in [0.3, 0.4) is 0 Å². The van der Waals surface area contributed by atoms with Crippen molar-refractivity contribution in [2.75, 3.05) is 7.05 Å². The second-order valence-electron chi connectivity index (χ2n) is 6.38. The van der Waals surface area contributed by atoms with E-state index in [9.17, 15) is 0 Å². The highest BCUT2D eigenvalue weighted by Gasteiger charge is 2.19. The van der Waals surface area contributed by atoms with Gasteiger partial charge in [0, 0.05) is 18.7 Å². The standard InChI is InChI=1S/C17H27N/c1-12-9-8-10-15(13(2)14(3)18-7)16(12)11-17(4,5)6/h8-10,13,18H,3,11H2,1-2,4-7H3. The SMILES string of the molecule is C=C(NC)C(C)c1cccc(C)c1CC(C)(C)C. The van der Waals surface area contributed by atoms with Crippen LogP contribution in [0.5, 0.6) is 0 Å². The Labute approximate surface area is 112 Å². The Kier molecular flexibility index (Phi) is 4.61. The number of likely N-dealkylation sites (N-methyl/N-ethyl adjacent to an activating group) is 1. The summed E-state index contributed by atoms with van der Waals surface area (Å²) >= 11 is 0. The van der Waals surface area contributed by atoms with E-state index in [2.05, 4.69) is 64.7 Å². The molecule has 0 saturated heterocycles. The molecule has 1 aromatic rings. The maximum atomic E-state index is 4.11. The molecule has 0 aliphatic carbocycles. The Morgan fingerprint density at radius 1 is 1.33 bits per heavy atom. The van der Waals surface area contributed by atoms with Gasteiger partial charge in [0.15, 0.2) is 0 Å². The van der Waals surface area contributed by atoms with Crippen LogP contribution >= 0.6 is 0 Å². The lowest BCUT2D eigenvalue weighted by Gasteiger charge is -2.25. The summed E-state index contributed by atoms with van der Waals surface area (Å²) < 4.78 is 0. The fourth-order valence-corrected chi connectivity index (χ4v) is 2.31. The maximum absolute atomic E-state index is 4.11. The molecule has 1 atom stereocenters. The first-order valence-electron chi connectivity index (χ1n) is 6.71. The van der Waals surface area contributed by atoms with Crippen LogP contribution in [0.1, 0.15) is 50.3 Å². The fourth-order valence-electron chi connectivity index (χ4n) is 2.31. The van der Waals surface area contributed by atoms with Gasteiger partial charge in [-0.05, 0) is 35.4 Å². The van der Waals surface area contributed by atoms with E-state index in [-0.39, 0.29) is 0 Å². The van der Waals surface area contributed by atoms with Gasteiger partial charge in [-0.15, -0.1) is 0 Å². The van der Waals surface area contributed by atoms with Crippen molar-refractivity contribution in [2.45, 2.75) is 47.0 Å². The summed E-state index contributed by atoms with van der Waals surface area (Å²) in [6.07, 6.45) is 1.11. The van der Waals surface area contributed by atoms with Crippen LogP contribution in [-0.2, 0) is 6.42 Å². The minimum atomic E-state index is 0.307. The van der Waals surface area contributed by atoms with Crippen LogP contribution in [0.2, 0.25) is 0 Å². The number of hydrogen-bond acceptors (Lipinski definition) is 1. The van der Waals surface area contributed by atoms with Crippen LogP contribution in [0.15, 0.2) is 30.5 Å². The van der Waals surface area contributed by atoms with Gasteiger partial charge in [-0.1, -0.05) is 52.5 Å². The Hall–Kier alpha value is -1.24. The topological polar surface area (TPSA) is 12.0 Å². The minimum Gasteiger partial charge on any atom is -0.391 e. The molecule has 1 N–H and O–H groups in total. The molecule has 0 saturated carbocycles. The predicted octanol–water partition coefficient (Wildman–Crippen LogP) is 4.42. The van der Waals surface area contributed by atoms with Gasteiger partial charge in [-0.25, -0.2) is 0 Å². The number of hydrogen-bond donors (Lipinski definition) is 1. The molecular formula is C17H27N. The Morgan fingerprint density at radius 2 is 1.94 bits per heavy atom. The number of nitrogens with one attached hydrogen (secondary N) is 1. The normalized spacial score (nSPS) is 13.2. The second-order valence-corrected chi connectivity index (χ2v) is 6.38. The molecule has 0 aliphatic heterocycles. The molecule has 100 valence electrons. The molecule has 1 rings (SSSR count). The van der Waals surface area contributed by atoms with Gasteiger partial charge in [-0.3, -0.25) is 0 Å². The van der Waals surface area contributed by atoms with Gasteiger partial charge in [0.1, 0.15) is 0 Å². The van der Waals surface area contributed by atoms with E-state index in [1.54, 1.807) is 0 Å². The van der Waals surface area contributed by atoms with Crippen LogP contribution in [0.25, 0.3) is 0 Å². The van der Waals surface area contributed by atoms with E-state index in [0.29, 0.717) is 11.3 Å². The van der Waals surface area contributed by atoms with Gasteiger partial charge < -0.3 is 5.32 Å². The third-order valence-corrected chi connectivity index (χ3v) is 3.46. The van der Waals surface area contributed by atoms with E-state index < -0.39 is 0 Å². The zero-order chi connectivity index (χ0) is 13.9. The lowest BCUT2D eigenvalue weighted by atomic mass is 9.81. The average molecular weight is 245 g/mol. The highest BCUT2D eigenvalue weighted by Crippen LogP contribution is 2.31. The molecule has 0 aliphatic rings. The minimum absolute atomic E-state index is 0.307. The summed E-state index contributed by atoms with van der Waals surface area (Å²) in [4.78, 5) is 0. The van der Waals surface area contributed by atoms with E-state index in [0.717, 1.165) is 12.1 Å². The summed E-state index contributed by atoms with van der Waals surface area (Å²) in [6, 6.07) is 6.59. The van der Waals surface area contributed by atoms with Crippen LogP contribution in [-0.4, -0.2) is 7.05 Å². The van der Waals surface area contributed by atoms with Crippen molar-refractivity contribution < 1.29 is 0 Å². The van der Waals surface area contributed by atoms with Gasteiger partial charge in [0.2, 0.25) is 0 Å². The van der Waals surface area contributed by atoms with Crippen molar-refractivity contribution in [2.24, 2.45) is 5.41 Å². The molecule has 0 radical (unpaired) electrons. The molecule has 1 nitrogen and oxygen atoms in total. The van der Waals surface area contributed by atoms with Gasteiger partial charge >= 0.3 is 0 Å². The molecule has 0 fully saturated rings. The smallest absolute Gasteiger partial charge is 0.0206 e. The summed E-state index contributed by atoms with van der Waals surface area (Å²) in [5, 5.41) is 3.18. The third kappa shape index (κ3) is 3.63. The van der Waals surface area contributed by atoms with Gasteiger partial charge in [0.05, 0.1) is 0 Å². The molecule has 0 amide bonds. The summed E-state index contributed by atoms with van der Waals surface area (Å²) in [5.74, 6) is 0.354. The quantitative estimate of drug-likeness (QED) is 0.828. The molecule has 0 bridgehead atoms. The van der Waals surface area contributed by atoms with Crippen LogP contribution in [0, 0.1) is 12.3 Å². The molecule has 0 heterocycles. The Bertz CT molecular complexity index is 424. The number of rotatable bonds is 4. The number of allylic oxidation sites excluding steroid dienone is 1. The van der Waals surface area contributed by atoms with E-state index in [1.165, 1.54) is 16.7 Å². The predicted molar refractivity (Wildman–Crippen MR) is 81.0 cm³/mol. The zero-order valence-electron chi connectivity index (χ0n) is 12.7. The van der Waals surface area contributed by atoms with Crippen molar-refractivity contribution >= 4 is 0 Å². The van der Waals surface area contributed by atoms with Gasteiger partial charge in [-0.2, -0.15) is 0 Å². The van der Waals surface area contributed by atoms with E-state index in [1.807, 2.05) is 7.05 Å². The first kappa shape index (κ1) is 14.8. The molecule has 1 heteroatoms. The molecule has 1 unspecified atom stereocenters. The third-order valence-electron chi connectivity index (χ3n) is 3.46. The lowest BCUT2D eigenvalue weighted by Crippen LogP contribution is -2.17. The monoisotopic (exact) mass is 245 g/mol. The molecule has 18 heavy (non-hydrogen) atoms. The Morgan fingerprint density at radius 3 is 2.44 bits per heavy atom. The highest BCUT2D eigenvalue weighted by atomic mass is 14.8. The molecular weight excluding hydrogens is 218 g/mol. The first-order valence-corrected chi connectivity index (χ1v) is 6.71. The fraction of sp³-hybridized carbons (Fsp3) is 0.529.